The van der Waals surface area contributed by atoms with Gasteiger partial charge in [-0.2, -0.15) is 0 Å². The molecule has 1 amide bonds. The largest absolute Gasteiger partial charge is 0.462 e. The van der Waals surface area contributed by atoms with Crippen molar-refractivity contribution in [1.82, 2.24) is 0 Å². The molecule has 3 rings (SSSR count). The van der Waals surface area contributed by atoms with Gasteiger partial charge in [0.2, 0.25) is 5.91 Å². The number of rotatable bonds is 5. The summed E-state index contributed by atoms with van der Waals surface area (Å²) in [4.78, 5) is 26.3. The van der Waals surface area contributed by atoms with Crippen LogP contribution in [-0.2, 0) is 28.8 Å². The molecule has 0 saturated carbocycles. The van der Waals surface area contributed by atoms with Crippen molar-refractivity contribution in [3.63, 3.8) is 0 Å². The Labute approximate surface area is 158 Å². The van der Waals surface area contributed by atoms with Gasteiger partial charge in [0, 0.05) is 4.88 Å². The molecule has 2 aromatic rings. The first-order valence-electron chi connectivity index (χ1n) is 9.17. The number of aryl methyl sites for hydroxylation is 3. The molecular formula is C21H25NO3S. The Morgan fingerprint density at radius 3 is 2.69 bits per heavy atom. The number of benzene rings is 1. The lowest BCUT2D eigenvalue weighted by molar-refractivity contribution is -0.115. The monoisotopic (exact) mass is 371 g/mol. The maximum absolute atomic E-state index is 12.6. The molecule has 0 fully saturated rings. The Hall–Kier alpha value is -2.14. The van der Waals surface area contributed by atoms with Gasteiger partial charge < -0.3 is 10.1 Å². The number of carbonyl (C=O) groups excluding carboxylic acids is 2. The van der Waals surface area contributed by atoms with Crippen molar-refractivity contribution in [2.45, 2.75) is 52.9 Å². The summed E-state index contributed by atoms with van der Waals surface area (Å²) in [5.41, 5.74) is 4.94. The number of anilines is 1. The number of ether oxygens (including phenoxy) is 1. The average molecular weight is 372 g/mol. The molecule has 0 bridgehead atoms. The van der Waals surface area contributed by atoms with Crippen molar-refractivity contribution in [3.05, 3.63) is 50.9 Å². The van der Waals surface area contributed by atoms with E-state index >= 15 is 0 Å². The molecule has 0 unspecified atom stereocenters. The van der Waals surface area contributed by atoms with E-state index in [1.165, 1.54) is 21.8 Å². The van der Waals surface area contributed by atoms with Crippen LogP contribution in [0.5, 0.6) is 0 Å². The second-order valence-electron chi connectivity index (χ2n) is 6.79. The normalized spacial score (nSPS) is 13.2. The molecule has 1 heterocycles. The Morgan fingerprint density at radius 2 is 1.96 bits per heavy atom. The van der Waals surface area contributed by atoms with Gasteiger partial charge in [0.05, 0.1) is 18.6 Å². The van der Waals surface area contributed by atoms with Gasteiger partial charge in [-0.3, -0.25) is 4.79 Å². The summed E-state index contributed by atoms with van der Waals surface area (Å²) in [6.45, 7) is 6.19. The van der Waals surface area contributed by atoms with Crippen molar-refractivity contribution in [3.8, 4) is 0 Å². The van der Waals surface area contributed by atoms with E-state index in [1.807, 2.05) is 26.0 Å². The molecule has 1 aliphatic carbocycles. The third-order valence-corrected chi connectivity index (χ3v) is 5.96. The third kappa shape index (κ3) is 3.98. The highest BCUT2D eigenvalue weighted by molar-refractivity contribution is 7.17. The fourth-order valence-corrected chi connectivity index (χ4v) is 4.75. The van der Waals surface area contributed by atoms with Gasteiger partial charge in [-0.15, -0.1) is 11.3 Å². The summed E-state index contributed by atoms with van der Waals surface area (Å²) < 4.78 is 5.24. The quantitative estimate of drug-likeness (QED) is 0.782. The first-order valence-corrected chi connectivity index (χ1v) is 9.99. The Kier molecular flexibility index (Phi) is 5.77. The lowest BCUT2D eigenvalue weighted by Crippen LogP contribution is -2.17. The van der Waals surface area contributed by atoms with Crippen molar-refractivity contribution in [1.29, 1.82) is 0 Å². The molecule has 0 saturated heterocycles. The SMILES string of the molecule is CCOC(=O)c1c(NC(=O)Cc2ccc(C)cc2C)sc2c1CCCC2. The molecular weight excluding hydrogens is 346 g/mol. The van der Waals surface area contributed by atoms with Gasteiger partial charge in [-0.05, 0) is 63.1 Å². The predicted octanol–water partition coefficient (Wildman–Crippen LogP) is 4.60. The fourth-order valence-electron chi connectivity index (χ4n) is 3.46. The number of fused-ring (bicyclic) bond motifs is 1. The van der Waals surface area contributed by atoms with Crippen molar-refractivity contribution >= 4 is 28.2 Å². The molecule has 4 nitrogen and oxygen atoms in total. The van der Waals surface area contributed by atoms with Crippen LogP contribution in [0.3, 0.4) is 0 Å². The zero-order valence-corrected chi connectivity index (χ0v) is 16.4. The molecule has 1 aromatic heterocycles. The zero-order valence-electron chi connectivity index (χ0n) is 15.6. The molecule has 0 atom stereocenters. The van der Waals surface area contributed by atoms with Crippen LogP contribution in [0.1, 0.15) is 57.3 Å². The van der Waals surface area contributed by atoms with Gasteiger partial charge in [0.25, 0.3) is 0 Å². The minimum atomic E-state index is -0.325. The number of thiophene rings is 1. The molecule has 1 aliphatic rings. The van der Waals surface area contributed by atoms with E-state index in [0.717, 1.165) is 42.4 Å². The molecule has 1 N–H and O–H groups in total. The predicted molar refractivity (Wildman–Crippen MR) is 105 cm³/mol. The smallest absolute Gasteiger partial charge is 0.341 e. The van der Waals surface area contributed by atoms with Crippen LogP contribution in [0.25, 0.3) is 0 Å². The van der Waals surface area contributed by atoms with E-state index in [-0.39, 0.29) is 11.9 Å². The Balaban J connectivity index is 1.83. The molecule has 0 spiro atoms. The highest BCUT2D eigenvalue weighted by Gasteiger charge is 2.27. The molecule has 1 aromatic carbocycles. The zero-order chi connectivity index (χ0) is 18.7. The Bertz CT molecular complexity index is 838. The van der Waals surface area contributed by atoms with E-state index in [9.17, 15) is 9.59 Å². The third-order valence-electron chi connectivity index (χ3n) is 4.75. The van der Waals surface area contributed by atoms with E-state index in [0.29, 0.717) is 23.6 Å². The maximum atomic E-state index is 12.6. The van der Waals surface area contributed by atoms with Gasteiger partial charge in [-0.1, -0.05) is 23.8 Å². The molecule has 138 valence electrons. The number of esters is 1. The van der Waals surface area contributed by atoms with Gasteiger partial charge >= 0.3 is 5.97 Å². The summed E-state index contributed by atoms with van der Waals surface area (Å²) in [5.74, 6) is -0.421. The second-order valence-corrected chi connectivity index (χ2v) is 7.90. The Morgan fingerprint density at radius 1 is 1.19 bits per heavy atom. The minimum absolute atomic E-state index is 0.0962. The standard InChI is InChI=1S/C21H25NO3S/c1-4-25-21(24)19-16-7-5-6-8-17(16)26-20(19)22-18(23)12-15-10-9-13(2)11-14(15)3/h9-11H,4-8,12H2,1-3H3,(H,22,23). The van der Waals surface area contributed by atoms with Crippen LogP contribution in [0.2, 0.25) is 0 Å². The van der Waals surface area contributed by atoms with E-state index in [2.05, 4.69) is 11.4 Å². The van der Waals surface area contributed by atoms with Crippen LogP contribution < -0.4 is 5.32 Å². The number of carbonyl (C=O) groups is 2. The van der Waals surface area contributed by atoms with E-state index in [1.54, 1.807) is 6.92 Å². The van der Waals surface area contributed by atoms with Crippen molar-refractivity contribution in [2.24, 2.45) is 0 Å². The molecule has 0 aliphatic heterocycles. The summed E-state index contributed by atoms with van der Waals surface area (Å²) in [6, 6.07) is 6.09. The van der Waals surface area contributed by atoms with Gasteiger partial charge in [-0.25, -0.2) is 4.79 Å². The number of hydrogen-bond donors (Lipinski definition) is 1. The van der Waals surface area contributed by atoms with E-state index < -0.39 is 0 Å². The van der Waals surface area contributed by atoms with Crippen LogP contribution in [-0.4, -0.2) is 18.5 Å². The topological polar surface area (TPSA) is 55.4 Å². The highest BCUT2D eigenvalue weighted by atomic mass is 32.1. The highest BCUT2D eigenvalue weighted by Crippen LogP contribution is 2.38. The first kappa shape index (κ1) is 18.6. The lowest BCUT2D eigenvalue weighted by Gasteiger charge is -2.12. The van der Waals surface area contributed by atoms with Crippen LogP contribution >= 0.6 is 11.3 Å². The number of nitrogens with one attached hydrogen (secondary N) is 1. The van der Waals surface area contributed by atoms with E-state index in [4.69, 9.17) is 4.74 Å². The van der Waals surface area contributed by atoms with Crippen LogP contribution in [0.4, 0.5) is 5.00 Å². The summed E-state index contributed by atoms with van der Waals surface area (Å²) in [7, 11) is 0. The maximum Gasteiger partial charge on any atom is 0.341 e. The first-order chi connectivity index (χ1) is 12.5. The number of amides is 1. The average Bonchev–Trinajstić information content (AvgIpc) is 2.95. The fraction of sp³-hybridized carbons (Fsp3) is 0.429. The summed E-state index contributed by atoms with van der Waals surface area (Å²) in [6.07, 6.45) is 4.36. The van der Waals surface area contributed by atoms with Crippen molar-refractivity contribution in [2.75, 3.05) is 11.9 Å². The van der Waals surface area contributed by atoms with Crippen LogP contribution in [0.15, 0.2) is 18.2 Å². The molecule has 0 radical (unpaired) electrons. The molecule has 5 heteroatoms. The van der Waals surface area contributed by atoms with Crippen LogP contribution in [0, 0.1) is 13.8 Å². The van der Waals surface area contributed by atoms with Gasteiger partial charge in [0.1, 0.15) is 5.00 Å². The summed E-state index contributed by atoms with van der Waals surface area (Å²) in [5, 5.41) is 3.62. The number of hydrogen-bond acceptors (Lipinski definition) is 4. The van der Waals surface area contributed by atoms with Crippen molar-refractivity contribution < 1.29 is 14.3 Å². The second kappa shape index (κ2) is 8.04. The van der Waals surface area contributed by atoms with Gasteiger partial charge in [0.15, 0.2) is 0 Å². The molecule has 26 heavy (non-hydrogen) atoms. The minimum Gasteiger partial charge on any atom is -0.462 e. The summed E-state index contributed by atoms with van der Waals surface area (Å²) >= 11 is 1.53. The lowest BCUT2D eigenvalue weighted by atomic mass is 9.95.